The summed E-state index contributed by atoms with van der Waals surface area (Å²) in [4.78, 5) is 27.3. The summed E-state index contributed by atoms with van der Waals surface area (Å²) in [5, 5.41) is 12.3. The highest BCUT2D eigenvalue weighted by Gasteiger charge is 2.14. The number of aromatic nitrogens is 3. The molecule has 0 unspecified atom stereocenters. The van der Waals surface area contributed by atoms with Gasteiger partial charge in [-0.15, -0.1) is 6.58 Å². The Morgan fingerprint density at radius 3 is 2.69 bits per heavy atom. The number of allylic oxidation sites excluding steroid dienone is 1. The van der Waals surface area contributed by atoms with E-state index in [1.165, 1.54) is 0 Å². The molecule has 0 fully saturated rings. The third-order valence-corrected chi connectivity index (χ3v) is 4.08. The minimum Gasteiger partial charge on any atom is -0.478 e. The molecule has 0 spiro atoms. The number of H-pyrrole nitrogens is 1. The van der Waals surface area contributed by atoms with Crippen LogP contribution in [0.4, 0.5) is 0 Å². The van der Waals surface area contributed by atoms with Gasteiger partial charge in [0.25, 0.3) is 0 Å². The fourth-order valence-electron chi connectivity index (χ4n) is 2.85. The minimum atomic E-state index is -0.989. The van der Waals surface area contributed by atoms with Crippen LogP contribution in [0.15, 0.2) is 66.0 Å². The average molecular weight is 349 g/mol. The maximum absolute atomic E-state index is 11.7. The molecule has 2 aromatic carbocycles. The summed E-state index contributed by atoms with van der Waals surface area (Å²) in [5.41, 5.74) is 2.09. The number of aromatic carboxylic acids is 1. The van der Waals surface area contributed by atoms with Crippen LogP contribution in [0.25, 0.3) is 11.1 Å². The van der Waals surface area contributed by atoms with E-state index in [0.717, 1.165) is 11.1 Å². The molecule has 2 N–H and O–H groups in total. The van der Waals surface area contributed by atoms with Crippen molar-refractivity contribution in [3.05, 3.63) is 88.6 Å². The van der Waals surface area contributed by atoms with Gasteiger partial charge in [0, 0.05) is 6.42 Å². The average Bonchev–Trinajstić information content (AvgIpc) is 2.99. The fourth-order valence-corrected chi connectivity index (χ4v) is 2.85. The predicted molar refractivity (Wildman–Crippen MR) is 99.3 cm³/mol. The number of rotatable bonds is 7. The maximum atomic E-state index is 11.7. The topological polar surface area (TPSA) is 88.0 Å². The fraction of sp³-hybridized carbons (Fsp3) is 0.150. The van der Waals surface area contributed by atoms with Gasteiger partial charge in [0.1, 0.15) is 5.82 Å². The lowest BCUT2D eigenvalue weighted by molar-refractivity contribution is 0.0697. The molecule has 1 heterocycles. The SMILES string of the molecule is C=CCCc1nc(=O)[nH]n1Cc1ccc(-c2ccccc2)c(C(=O)O)c1. The molecule has 0 radical (unpaired) electrons. The maximum Gasteiger partial charge on any atom is 0.361 e. The van der Waals surface area contributed by atoms with Crippen LogP contribution in [0.3, 0.4) is 0 Å². The van der Waals surface area contributed by atoms with Gasteiger partial charge in [0.2, 0.25) is 0 Å². The van der Waals surface area contributed by atoms with Gasteiger partial charge < -0.3 is 5.11 Å². The van der Waals surface area contributed by atoms with Gasteiger partial charge in [0.15, 0.2) is 0 Å². The summed E-state index contributed by atoms with van der Waals surface area (Å²) in [6.45, 7) is 4.02. The van der Waals surface area contributed by atoms with Gasteiger partial charge in [-0.3, -0.25) is 4.68 Å². The second kappa shape index (κ2) is 7.65. The molecule has 0 aliphatic carbocycles. The molecular weight excluding hydrogens is 330 g/mol. The van der Waals surface area contributed by atoms with Crippen molar-refractivity contribution in [2.75, 3.05) is 0 Å². The Morgan fingerprint density at radius 2 is 2.00 bits per heavy atom. The zero-order valence-electron chi connectivity index (χ0n) is 14.2. The quantitative estimate of drug-likeness (QED) is 0.642. The number of carbonyl (C=O) groups is 1. The first-order valence-electron chi connectivity index (χ1n) is 8.26. The number of nitrogens with one attached hydrogen (secondary N) is 1. The number of carboxylic acid groups (broad SMARTS) is 1. The summed E-state index contributed by atoms with van der Waals surface area (Å²) in [6, 6.07) is 14.7. The van der Waals surface area contributed by atoms with Crippen LogP contribution in [0, 0.1) is 0 Å². The summed E-state index contributed by atoms with van der Waals surface area (Å²) < 4.78 is 1.65. The molecule has 0 atom stereocenters. The molecule has 3 rings (SSSR count). The van der Waals surface area contributed by atoms with Gasteiger partial charge in [-0.25, -0.2) is 14.7 Å². The van der Waals surface area contributed by atoms with Crippen LogP contribution in [0.2, 0.25) is 0 Å². The highest BCUT2D eigenvalue weighted by Crippen LogP contribution is 2.25. The van der Waals surface area contributed by atoms with Crippen LogP contribution < -0.4 is 5.69 Å². The van der Waals surface area contributed by atoms with E-state index >= 15 is 0 Å². The van der Waals surface area contributed by atoms with E-state index in [-0.39, 0.29) is 5.56 Å². The summed E-state index contributed by atoms with van der Waals surface area (Å²) in [6.07, 6.45) is 3.06. The van der Waals surface area contributed by atoms with Crippen molar-refractivity contribution in [1.82, 2.24) is 14.8 Å². The molecule has 0 aliphatic rings. The van der Waals surface area contributed by atoms with E-state index in [9.17, 15) is 14.7 Å². The smallest absolute Gasteiger partial charge is 0.361 e. The third kappa shape index (κ3) is 3.80. The molecule has 132 valence electrons. The lowest BCUT2D eigenvalue weighted by Crippen LogP contribution is -2.10. The first kappa shape index (κ1) is 17.4. The zero-order valence-corrected chi connectivity index (χ0v) is 14.2. The number of carboxylic acids is 1. The second-order valence-electron chi connectivity index (χ2n) is 5.91. The van der Waals surface area contributed by atoms with Crippen molar-refractivity contribution < 1.29 is 9.90 Å². The zero-order chi connectivity index (χ0) is 18.5. The third-order valence-electron chi connectivity index (χ3n) is 4.08. The van der Waals surface area contributed by atoms with Crippen molar-refractivity contribution in [3.63, 3.8) is 0 Å². The highest BCUT2D eigenvalue weighted by molar-refractivity contribution is 5.96. The van der Waals surface area contributed by atoms with Gasteiger partial charge >= 0.3 is 11.7 Å². The molecule has 6 heteroatoms. The summed E-state index contributed by atoms with van der Waals surface area (Å²) in [5.74, 6) is -0.365. The largest absolute Gasteiger partial charge is 0.478 e. The van der Waals surface area contributed by atoms with Crippen molar-refractivity contribution >= 4 is 5.97 Å². The number of aromatic amines is 1. The normalized spacial score (nSPS) is 10.6. The van der Waals surface area contributed by atoms with Crippen LogP contribution in [-0.4, -0.2) is 25.8 Å². The number of hydrogen-bond acceptors (Lipinski definition) is 3. The van der Waals surface area contributed by atoms with E-state index in [1.807, 2.05) is 36.4 Å². The van der Waals surface area contributed by atoms with Gasteiger partial charge in [-0.1, -0.05) is 48.5 Å². The molecule has 1 aromatic heterocycles. The van der Waals surface area contributed by atoms with E-state index in [2.05, 4.69) is 16.7 Å². The van der Waals surface area contributed by atoms with Crippen molar-refractivity contribution in [1.29, 1.82) is 0 Å². The van der Waals surface area contributed by atoms with Crippen molar-refractivity contribution in [2.24, 2.45) is 0 Å². The molecule has 6 nitrogen and oxygen atoms in total. The number of aryl methyl sites for hydroxylation is 1. The Labute approximate surface area is 150 Å². The van der Waals surface area contributed by atoms with Crippen molar-refractivity contribution in [3.8, 4) is 11.1 Å². The molecule has 3 aromatic rings. The summed E-state index contributed by atoms with van der Waals surface area (Å²) in [7, 11) is 0. The van der Waals surface area contributed by atoms with Gasteiger partial charge in [-0.2, -0.15) is 4.98 Å². The Bertz CT molecular complexity index is 987. The molecule has 0 saturated carbocycles. The minimum absolute atomic E-state index is 0.226. The molecule has 0 amide bonds. The molecule has 26 heavy (non-hydrogen) atoms. The Hall–Kier alpha value is -3.41. The predicted octanol–water partition coefficient (Wildman–Crippen LogP) is 3.10. The number of nitrogens with zero attached hydrogens (tertiary/aromatic N) is 2. The summed E-state index contributed by atoms with van der Waals surface area (Å²) >= 11 is 0. The van der Waals surface area contributed by atoms with E-state index in [0.29, 0.717) is 30.8 Å². The lowest BCUT2D eigenvalue weighted by atomic mass is 9.97. The Balaban J connectivity index is 1.95. The number of benzene rings is 2. The van der Waals surface area contributed by atoms with Gasteiger partial charge in [0.05, 0.1) is 12.1 Å². The van der Waals surface area contributed by atoms with Crippen LogP contribution in [-0.2, 0) is 13.0 Å². The molecule has 0 bridgehead atoms. The molecule has 0 aliphatic heterocycles. The first-order valence-corrected chi connectivity index (χ1v) is 8.26. The van der Waals surface area contributed by atoms with Crippen molar-refractivity contribution in [2.45, 2.75) is 19.4 Å². The van der Waals surface area contributed by atoms with Crippen LogP contribution in [0.1, 0.15) is 28.2 Å². The highest BCUT2D eigenvalue weighted by atomic mass is 16.4. The van der Waals surface area contributed by atoms with E-state index in [4.69, 9.17) is 0 Å². The van der Waals surface area contributed by atoms with Gasteiger partial charge in [-0.05, 0) is 29.2 Å². The molecular formula is C20H19N3O3. The monoisotopic (exact) mass is 349 g/mol. The van der Waals surface area contributed by atoms with E-state index in [1.54, 1.807) is 22.9 Å². The Morgan fingerprint density at radius 1 is 1.23 bits per heavy atom. The number of hydrogen-bond donors (Lipinski definition) is 2. The molecule has 0 saturated heterocycles. The van der Waals surface area contributed by atoms with Crippen LogP contribution in [0.5, 0.6) is 0 Å². The Kier molecular flexibility index (Phi) is 5.12. The van der Waals surface area contributed by atoms with Crippen LogP contribution >= 0.6 is 0 Å². The first-order chi connectivity index (χ1) is 12.6. The standard InChI is InChI=1S/C20H19N3O3/c1-2-3-9-18-21-20(26)22-23(18)13-14-10-11-16(17(12-14)19(24)25)15-7-5-4-6-8-15/h2,4-8,10-12H,1,3,9,13H2,(H,22,26)(H,24,25). The lowest BCUT2D eigenvalue weighted by Gasteiger charge is -2.11. The second-order valence-corrected chi connectivity index (χ2v) is 5.91. The van der Waals surface area contributed by atoms with E-state index < -0.39 is 11.7 Å².